The highest BCUT2D eigenvalue weighted by atomic mass is 32.2. The van der Waals surface area contributed by atoms with E-state index in [1.807, 2.05) is 33.8 Å². The lowest BCUT2D eigenvalue weighted by atomic mass is 9.96. The fraction of sp³-hybridized carbons (Fsp3) is 0.667. The standard InChI is InChI=1S/C15H24N2O3S2/c1-11-9-17(10-11)22(19,20)13-6-5-12(21-13)7-8-16-14(18)15(2,3)4/h5-6,11H,7-10H2,1-4H3,(H,16,18). The van der Waals surface area contributed by atoms with E-state index >= 15 is 0 Å². The average Bonchev–Trinajstić information content (AvgIpc) is 2.83. The summed E-state index contributed by atoms with van der Waals surface area (Å²) in [6, 6.07) is 3.51. The Morgan fingerprint density at radius 1 is 1.36 bits per heavy atom. The third-order valence-electron chi connectivity index (χ3n) is 3.60. The van der Waals surface area contributed by atoms with Crippen LogP contribution in [0, 0.1) is 11.3 Å². The Morgan fingerprint density at radius 3 is 2.55 bits per heavy atom. The molecule has 0 spiro atoms. The molecule has 0 aliphatic carbocycles. The number of hydrogen-bond acceptors (Lipinski definition) is 4. The molecule has 1 amide bonds. The van der Waals surface area contributed by atoms with Crippen LogP contribution < -0.4 is 5.32 Å². The first-order valence-corrected chi connectivity index (χ1v) is 9.73. The van der Waals surface area contributed by atoms with Gasteiger partial charge in [0.1, 0.15) is 4.21 Å². The lowest BCUT2D eigenvalue weighted by Gasteiger charge is -2.35. The fourth-order valence-corrected chi connectivity index (χ4v) is 5.35. The van der Waals surface area contributed by atoms with E-state index in [1.54, 1.807) is 6.07 Å². The van der Waals surface area contributed by atoms with E-state index in [1.165, 1.54) is 15.6 Å². The van der Waals surface area contributed by atoms with Crippen molar-refractivity contribution in [3.63, 3.8) is 0 Å². The van der Waals surface area contributed by atoms with Crippen molar-refractivity contribution in [3.05, 3.63) is 17.0 Å². The molecule has 0 bridgehead atoms. The van der Waals surface area contributed by atoms with Crippen molar-refractivity contribution >= 4 is 27.3 Å². The zero-order valence-electron chi connectivity index (χ0n) is 13.5. The van der Waals surface area contributed by atoms with Crippen LogP contribution in [0.1, 0.15) is 32.6 Å². The van der Waals surface area contributed by atoms with Crippen LogP contribution in [0.2, 0.25) is 0 Å². The molecule has 2 heterocycles. The number of amides is 1. The molecule has 0 aromatic carbocycles. The summed E-state index contributed by atoms with van der Waals surface area (Å²) in [4.78, 5) is 12.7. The summed E-state index contributed by atoms with van der Waals surface area (Å²) in [6.07, 6.45) is 0.651. The normalized spacial score (nSPS) is 17.3. The second-order valence-electron chi connectivity index (χ2n) is 6.90. The number of hydrogen-bond donors (Lipinski definition) is 1. The second-order valence-corrected chi connectivity index (χ2v) is 10.2. The summed E-state index contributed by atoms with van der Waals surface area (Å²) in [6.45, 7) is 9.39. The first-order chi connectivity index (χ1) is 10.1. The summed E-state index contributed by atoms with van der Waals surface area (Å²) in [7, 11) is -3.31. The molecule has 2 rings (SSSR count). The fourth-order valence-electron chi connectivity index (χ4n) is 2.16. The number of rotatable bonds is 5. The van der Waals surface area contributed by atoms with Crippen molar-refractivity contribution in [3.8, 4) is 0 Å². The Kier molecular flexibility index (Phi) is 4.99. The van der Waals surface area contributed by atoms with Gasteiger partial charge in [-0.2, -0.15) is 4.31 Å². The molecule has 5 nitrogen and oxygen atoms in total. The van der Waals surface area contributed by atoms with Crippen LogP contribution >= 0.6 is 11.3 Å². The quantitative estimate of drug-likeness (QED) is 0.889. The van der Waals surface area contributed by atoms with Gasteiger partial charge in [0, 0.05) is 29.9 Å². The van der Waals surface area contributed by atoms with Crippen LogP contribution in [0.15, 0.2) is 16.3 Å². The SMILES string of the molecule is CC1CN(S(=O)(=O)c2ccc(CCNC(=O)C(C)(C)C)s2)C1. The van der Waals surface area contributed by atoms with Gasteiger partial charge in [-0.3, -0.25) is 4.79 Å². The third kappa shape index (κ3) is 3.88. The van der Waals surface area contributed by atoms with E-state index in [2.05, 4.69) is 5.32 Å². The minimum absolute atomic E-state index is 0.00599. The maximum absolute atomic E-state index is 12.4. The smallest absolute Gasteiger partial charge is 0.252 e. The summed E-state index contributed by atoms with van der Waals surface area (Å²) < 4.78 is 26.6. The molecule has 1 saturated heterocycles. The zero-order chi connectivity index (χ0) is 16.5. The number of carbonyl (C=O) groups is 1. The lowest BCUT2D eigenvalue weighted by molar-refractivity contribution is -0.128. The van der Waals surface area contributed by atoms with Gasteiger partial charge in [-0.15, -0.1) is 11.3 Å². The molecule has 0 saturated carbocycles. The summed E-state index contributed by atoms with van der Waals surface area (Å²) in [5.41, 5.74) is -0.405. The van der Waals surface area contributed by atoms with Crippen LogP contribution in [0.3, 0.4) is 0 Å². The first kappa shape index (κ1) is 17.4. The number of nitrogens with one attached hydrogen (secondary N) is 1. The van der Waals surface area contributed by atoms with Crippen LogP contribution in [-0.4, -0.2) is 38.3 Å². The molecule has 1 aromatic heterocycles. The monoisotopic (exact) mass is 344 g/mol. The maximum atomic E-state index is 12.4. The minimum Gasteiger partial charge on any atom is -0.355 e. The van der Waals surface area contributed by atoms with E-state index < -0.39 is 15.4 Å². The molecule has 0 radical (unpaired) electrons. The van der Waals surface area contributed by atoms with Gasteiger partial charge in [-0.05, 0) is 24.5 Å². The first-order valence-electron chi connectivity index (χ1n) is 7.48. The molecule has 0 atom stereocenters. The third-order valence-corrected chi connectivity index (χ3v) is 7.04. The van der Waals surface area contributed by atoms with E-state index in [0.29, 0.717) is 36.2 Å². The Morgan fingerprint density at radius 2 is 2.00 bits per heavy atom. The van der Waals surface area contributed by atoms with Gasteiger partial charge in [-0.25, -0.2) is 8.42 Å². The Balaban J connectivity index is 1.91. The number of carbonyl (C=O) groups excluding carboxylic acids is 1. The molecule has 1 fully saturated rings. The molecule has 22 heavy (non-hydrogen) atoms. The van der Waals surface area contributed by atoms with Crippen molar-refractivity contribution in [1.82, 2.24) is 9.62 Å². The summed E-state index contributed by atoms with van der Waals surface area (Å²) in [5.74, 6) is 0.452. The van der Waals surface area contributed by atoms with Gasteiger partial charge < -0.3 is 5.32 Å². The van der Waals surface area contributed by atoms with Crippen LogP contribution in [0.5, 0.6) is 0 Å². The van der Waals surface area contributed by atoms with Gasteiger partial charge in [0.25, 0.3) is 10.0 Å². The van der Waals surface area contributed by atoms with Gasteiger partial charge in [0.05, 0.1) is 0 Å². The lowest BCUT2D eigenvalue weighted by Crippen LogP contribution is -2.48. The Labute approximate surface area is 136 Å². The molecule has 1 aliphatic heterocycles. The summed E-state index contributed by atoms with van der Waals surface area (Å²) >= 11 is 1.30. The largest absolute Gasteiger partial charge is 0.355 e. The van der Waals surface area contributed by atoms with Gasteiger partial charge in [0.2, 0.25) is 5.91 Å². The minimum atomic E-state index is -3.31. The molecular weight excluding hydrogens is 320 g/mol. The highest BCUT2D eigenvalue weighted by molar-refractivity contribution is 7.91. The van der Waals surface area contributed by atoms with Crippen molar-refractivity contribution in [2.45, 2.75) is 38.3 Å². The predicted molar refractivity (Wildman–Crippen MR) is 88.4 cm³/mol. The van der Waals surface area contributed by atoms with E-state index in [4.69, 9.17) is 0 Å². The van der Waals surface area contributed by atoms with Crippen LogP contribution in [0.4, 0.5) is 0 Å². The second kappa shape index (κ2) is 6.29. The highest BCUT2D eigenvalue weighted by Crippen LogP contribution is 2.29. The maximum Gasteiger partial charge on any atom is 0.252 e. The molecule has 1 aromatic rings. The van der Waals surface area contributed by atoms with Crippen molar-refractivity contribution in [1.29, 1.82) is 0 Å². The molecule has 7 heteroatoms. The van der Waals surface area contributed by atoms with Crippen molar-refractivity contribution < 1.29 is 13.2 Å². The van der Waals surface area contributed by atoms with Gasteiger partial charge in [0.15, 0.2) is 0 Å². The van der Waals surface area contributed by atoms with Crippen molar-refractivity contribution in [2.75, 3.05) is 19.6 Å². The van der Waals surface area contributed by atoms with Crippen LogP contribution in [0.25, 0.3) is 0 Å². The predicted octanol–water partition coefficient (Wildman–Crippen LogP) is 2.09. The molecule has 0 unspecified atom stereocenters. The van der Waals surface area contributed by atoms with Crippen molar-refractivity contribution in [2.24, 2.45) is 11.3 Å². The van der Waals surface area contributed by atoms with Gasteiger partial charge >= 0.3 is 0 Å². The van der Waals surface area contributed by atoms with E-state index in [9.17, 15) is 13.2 Å². The molecule has 1 N–H and O–H groups in total. The molecular formula is C15H24N2O3S2. The zero-order valence-corrected chi connectivity index (χ0v) is 15.2. The van der Waals surface area contributed by atoms with E-state index in [0.717, 1.165) is 4.88 Å². The number of thiophene rings is 1. The average molecular weight is 345 g/mol. The Hall–Kier alpha value is -0.920. The molecule has 124 valence electrons. The summed E-state index contributed by atoms with van der Waals surface area (Å²) in [5, 5.41) is 2.88. The topological polar surface area (TPSA) is 66.5 Å². The molecule has 1 aliphatic rings. The number of sulfonamides is 1. The number of nitrogens with zero attached hydrogens (tertiary/aromatic N) is 1. The van der Waals surface area contributed by atoms with Crippen LogP contribution in [-0.2, 0) is 21.2 Å². The Bertz CT molecular complexity index is 638. The van der Waals surface area contributed by atoms with Gasteiger partial charge in [-0.1, -0.05) is 27.7 Å². The highest BCUT2D eigenvalue weighted by Gasteiger charge is 2.35. The van der Waals surface area contributed by atoms with E-state index in [-0.39, 0.29) is 5.91 Å².